The lowest BCUT2D eigenvalue weighted by atomic mass is 10.1. The summed E-state index contributed by atoms with van der Waals surface area (Å²) in [5, 5.41) is 5.33. The first-order valence-electron chi connectivity index (χ1n) is 8.56. The van der Waals surface area contributed by atoms with E-state index in [-0.39, 0.29) is 11.9 Å². The Hall–Kier alpha value is -2.76. The van der Waals surface area contributed by atoms with Gasteiger partial charge in [0.25, 0.3) is 0 Å². The van der Waals surface area contributed by atoms with Crippen LogP contribution in [0.1, 0.15) is 24.4 Å². The van der Waals surface area contributed by atoms with Gasteiger partial charge in [0.2, 0.25) is 5.91 Å². The Kier molecular flexibility index (Phi) is 3.95. The van der Waals surface area contributed by atoms with Gasteiger partial charge in [0.05, 0.1) is 19.3 Å². The lowest BCUT2D eigenvalue weighted by Gasteiger charge is -2.24. The van der Waals surface area contributed by atoms with E-state index in [0.717, 1.165) is 41.6 Å². The van der Waals surface area contributed by atoms with E-state index < -0.39 is 0 Å². The Labute approximate surface area is 146 Å². The number of benzene rings is 1. The lowest BCUT2D eigenvalue weighted by molar-refractivity contribution is -0.132. The predicted octanol–water partition coefficient (Wildman–Crippen LogP) is 2.75. The Morgan fingerprint density at radius 3 is 3.00 bits per heavy atom. The van der Waals surface area contributed by atoms with Crippen LogP contribution in [0.25, 0.3) is 10.9 Å². The monoisotopic (exact) mass is 338 g/mol. The Balaban J connectivity index is 1.55. The molecule has 0 aliphatic carbocycles. The van der Waals surface area contributed by atoms with Gasteiger partial charge >= 0.3 is 0 Å². The highest BCUT2D eigenvalue weighted by molar-refractivity contribution is 5.84. The number of likely N-dealkylation sites (tertiary alicyclic amines) is 1. The number of aryl methyl sites for hydroxylation is 1. The summed E-state index contributed by atoms with van der Waals surface area (Å²) >= 11 is 0. The van der Waals surface area contributed by atoms with E-state index >= 15 is 0 Å². The molecule has 130 valence electrons. The zero-order valence-electron chi connectivity index (χ0n) is 14.6. The van der Waals surface area contributed by atoms with E-state index in [1.165, 1.54) is 0 Å². The van der Waals surface area contributed by atoms with Gasteiger partial charge in [-0.15, -0.1) is 0 Å². The van der Waals surface area contributed by atoms with Crippen LogP contribution in [-0.2, 0) is 18.4 Å². The van der Waals surface area contributed by atoms with Gasteiger partial charge < -0.3 is 14.2 Å². The fourth-order valence-corrected chi connectivity index (χ4v) is 3.70. The van der Waals surface area contributed by atoms with E-state index in [9.17, 15) is 4.79 Å². The maximum Gasteiger partial charge on any atom is 0.243 e. The standard InChI is InChI=1S/C19H22N4O2/c1-21-12-15(11-20-21)18-4-3-8-23(18)19(24)13-22-9-7-14-10-16(25-2)5-6-17(14)22/h5-7,9-12,18H,3-4,8,13H2,1-2H3/t18-/m0/s1. The van der Waals surface area contributed by atoms with E-state index in [1.807, 2.05) is 59.4 Å². The van der Waals surface area contributed by atoms with Crippen LogP contribution >= 0.6 is 0 Å². The van der Waals surface area contributed by atoms with Crippen molar-refractivity contribution in [1.29, 1.82) is 0 Å². The van der Waals surface area contributed by atoms with Gasteiger partial charge in [0.1, 0.15) is 12.3 Å². The minimum absolute atomic E-state index is 0.142. The number of hydrogen-bond donors (Lipinski definition) is 0. The zero-order chi connectivity index (χ0) is 17.4. The normalized spacial score (nSPS) is 17.4. The molecule has 0 unspecified atom stereocenters. The zero-order valence-corrected chi connectivity index (χ0v) is 14.6. The molecule has 6 nitrogen and oxygen atoms in total. The fourth-order valence-electron chi connectivity index (χ4n) is 3.70. The van der Waals surface area contributed by atoms with Crippen LogP contribution in [-0.4, -0.2) is 38.8 Å². The summed E-state index contributed by atoms with van der Waals surface area (Å²) < 4.78 is 9.07. The average Bonchev–Trinajstić information content (AvgIpc) is 3.33. The number of rotatable bonds is 4. The Bertz CT molecular complexity index is 911. The van der Waals surface area contributed by atoms with Crippen LogP contribution in [0.3, 0.4) is 0 Å². The molecule has 25 heavy (non-hydrogen) atoms. The first kappa shape index (κ1) is 15.7. The first-order chi connectivity index (χ1) is 12.2. The van der Waals surface area contributed by atoms with Gasteiger partial charge in [0, 0.05) is 42.5 Å². The van der Waals surface area contributed by atoms with Crippen molar-refractivity contribution in [3.8, 4) is 5.75 Å². The molecule has 1 aliphatic heterocycles. The number of carbonyl (C=O) groups is 1. The second-order valence-corrected chi connectivity index (χ2v) is 6.56. The topological polar surface area (TPSA) is 52.3 Å². The molecule has 0 spiro atoms. The summed E-state index contributed by atoms with van der Waals surface area (Å²) in [6.07, 6.45) is 7.88. The van der Waals surface area contributed by atoms with E-state index in [0.29, 0.717) is 6.54 Å². The van der Waals surface area contributed by atoms with Crippen LogP contribution in [0, 0.1) is 0 Å². The third kappa shape index (κ3) is 2.88. The van der Waals surface area contributed by atoms with Crippen LogP contribution in [0.5, 0.6) is 5.75 Å². The molecule has 0 N–H and O–H groups in total. The smallest absolute Gasteiger partial charge is 0.243 e. The SMILES string of the molecule is COc1ccc2c(ccn2CC(=O)N2CCC[C@H]2c2cnn(C)c2)c1. The molecule has 2 aromatic heterocycles. The molecule has 1 aliphatic rings. The molecular formula is C19H22N4O2. The van der Waals surface area contributed by atoms with Gasteiger partial charge in [-0.25, -0.2) is 0 Å². The number of carbonyl (C=O) groups excluding carboxylic acids is 1. The molecule has 3 aromatic rings. The summed E-state index contributed by atoms with van der Waals surface area (Å²) in [7, 11) is 3.57. The highest BCUT2D eigenvalue weighted by atomic mass is 16.5. The number of methoxy groups -OCH3 is 1. The quantitative estimate of drug-likeness (QED) is 0.735. The number of nitrogens with zero attached hydrogens (tertiary/aromatic N) is 4. The highest BCUT2D eigenvalue weighted by Gasteiger charge is 2.30. The van der Waals surface area contributed by atoms with E-state index in [1.54, 1.807) is 11.8 Å². The van der Waals surface area contributed by atoms with Crippen molar-refractivity contribution < 1.29 is 9.53 Å². The first-order valence-corrected chi connectivity index (χ1v) is 8.56. The molecule has 0 bridgehead atoms. The third-order valence-electron chi connectivity index (χ3n) is 4.97. The summed E-state index contributed by atoms with van der Waals surface area (Å²) in [5.41, 5.74) is 2.17. The minimum Gasteiger partial charge on any atom is -0.497 e. The van der Waals surface area contributed by atoms with Gasteiger partial charge in [-0.3, -0.25) is 9.48 Å². The van der Waals surface area contributed by atoms with Crippen molar-refractivity contribution in [2.24, 2.45) is 7.05 Å². The fraction of sp³-hybridized carbons (Fsp3) is 0.368. The van der Waals surface area contributed by atoms with E-state index in [2.05, 4.69) is 5.10 Å². The van der Waals surface area contributed by atoms with Crippen molar-refractivity contribution in [3.63, 3.8) is 0 Å². The predicted molar refractivity (Wildman–Crippen MR) is 95.4 cm³/mol. The van der Waals surface area contributed by atoms with Crippen molar-refractivity contribution in [3.05, 3.63) is 48.4 Å². The van der Waals surface area contributed by atoms with Gasteiger partial charge in [-0.2, -0.15) is 5.10 Å². The third-order valence-corrected chi connectivity index (χ3v) is 4.97. The summed E-state index contributed by atoms with van der Waals surface area (Å²) in [4.78, 5) is 14.9. The van der Waals surface area contributed by atoms with Crippen molar-refractivity contribution in [1.82, 2.24) is 19.2 Å². The molecule has 1 atom stereocenters. The van der Waals surface area contributed by atoms with Crippen molar-refractivity contribution >= 4 is 16.8 Å². The average molecular weight is 338 g/mol. The molecule has 1 saturated heterocycles. The molecule has 0 saturated carbocycles. The number of hydrogen-bond acceptors (Lipinski definition) is 3. The maximum absolute atomic E-state index is 12.9. The number of amides is 1. The molecule has 4 rings (SSSR count). The van der Waals surface area contributed by atoms with Crippen molar-refractivity contribution in [2.75, 3.05) is 13.7 Å². The maximum atomic E-state index is 12.9. The minimum atomic E-state index is 0.142. The van der Waals surface area contributed by atoms with Crippen molar-refractivity contribution in [2.45, 2.75) is 25.4 Å². The summed E-state index contributed by atoms with van der Waals surface area (Å²) in [6, 6.07) is 8.09. The number of fused-ring (bicyclic) bond motifs is 1. The Morgan fingerprint density at radius 2 is 2.24 bits per heavy atom. The summed E-state index contributed by atoms with van der Waals surface area (Å²) in [5.74, 6) is 0.979. The van der Waals surface area contributed by atoms with Crippen LogP contribution in [0.15, 0.2) is 42.9 Å². The Morgan fingerprint density at radius 1 is 1.36 bits per heavy atom. The molecule has 1 fully saturated rings. The van der Waals surface area contributed by atoms with E-state index in [4.69, 9.17) is 4.74 Å². The molecular weight excluding hydrogens is 316 g/mol. The van der Waals surface area contributed by atoms with Crippen LogP contribution in [0.4, 0.5) is 0 Å². The van der Waals surface area contributed by atoms with Gasteiger partial charge in [0.15, 0.2) is 0 Å². The number of ether oxygens (including phenoxy) is 1. The van der Waals surface area contributed by atoms with Gasteiger partial charge in [-0.1, -0.05) is 0 Å². The second kappa shape index (κ2) is 6.27. The van der Waals surface area contributed by atoms with Crippen LogP contribution in [0.2, 0.25) is 0 Å². The molecule has 1 aromatic carbocycles. The lowest BCUT2D eigenvalue weighted by Crippen LogP contribution is -2.33. The second-order valence-electron chi connectivity index (χ2n) is 6.56. The highest BCUT2D eigenvalue weighted by Crippen LogP contribution is 2.32. The largest absolute Gasteiger partial charge is 0.497 e. The molecule has 6 heteroatoms. The molecule has 1 amide bonds. The molecule has 3 heterocycles. The molecule has 0 radical (unpaired) electrons. The van der Waals surface area contributed by atoms with Gasteiger partial charge in [-0.05, 0) is 37.1 Å². The summed E-state index contributed by atoms with van der Waals surface area (Å²) in [6.45, 7) is 1.16. The van der Waals surface area contributed by atoms with Crippen LogP contribution < -0.4 is 4.74 Å². The number of aromatic nitrogens is 3.